The number of rotatable bonds is 6. The monoisotopic (exact) mass is 882 g/mol. The minimum absolute atomic E-state index is 0.594. The zero-order valence-corrected chi connectivity index (χ0v) is 37.1. The Balaban J connectivity index is 0.997. The predicted octanol–water partition coefficient (Wildman–Crippen LogP) is 14.6. The Morgan fingerprint density at radius 1 is 0.391 bits per heavy atom. The fourth-order valence-corrected chi connectivity index (χ4v) is 10.8. The van der Waals surface area contributed by atoms with E-state index in [0.717, 1.165) is 78.4 Å². The molecule has 1 spiro atoms. The number of furan rings is 1. The molecule has 14 rings (SSSR count). The first-order valence-electron chi connectivity index (χ1n) is 23.3. The molecule has 8 aromatic carbocycles. The summed E-state index contributed by atoms with van der Waals surface area (Å²) in [6, 6.07) is 67.0. The number of aromatic nitrogens is 6. The van der Waals surface area contributed by atoms with Crippen LogP contribution in [0, 0.1) is 0 Å². The molecule has 0 fully saturated rings. The molecule has 3 aliphatic rings. The van der Waals surface area contributed by atoms with E-state index >= 15 is 0 Å². The molecule has 3 heterocycles. The fourth-order valence-electron chi connectivity index (χ4n) is 10.8. The zero-order valence-electron chi connectivity index (χ0n) is 37.1. The molecule has 0 aliphatic heterocycles. The van der Waals surface area contributed by atoms with E-state index in [1.165, 1.54) is 27.8 Å². The van der Waals surface area contributed by atoms with Crippen LogP contribution in [-0.4, -0.2) is 29.9 Å². The second-order valence-electron chi connectivity index (χ2n) is 17.7. The van der Waals surface area contributed by atoms with Crippen molar-refractivity contribution < 1.29 is 4.42 Å². The highest BCUT2D eigenvalue weighted by Crippen LogP contribution is 2.65. The van der Waals surface area contributed by atoms with Gasteiger partial charge in [-0.25, -0.2) is 29.9 Å². The maximum atomic E-state index is 7.09. The van der Waals surface area contributed by atoms with Crippen molar-refractivity contribution in [2.75, 3.05) is 0 Å². The van der Waals surface area contributed by atoms with Gasteiger partial charge in [0.25, 0.3) is 0 Å². The number of hydrogen-bond donors (Lipinski definition) is 0. The van der Waals surface area contributed by atoms with Crippen molar-refractivity contribution in [3.8, 4) is 79.5 Å². The largest absolute Gasteiger partial charge is 0.455 e. The quantitative estimate of drug-likeness (QED) is 0.164. The van der Waals surface area contributed by atoms with Gasteiger partial charge in [0, 0.05) is 49.7 Å². The number of hydrogen-bond acceptors (Lipinski definition) is 7. The summed E-state index contributed by atoms with van der Waals surface area (Å²) < 4.78 is 7.09. The van der Waals surface area contributed by atoms with E-state index < -0.39 is 5.41 Å². The summed E-state index contributed by atoms with van der Waals surface area (Å²) in [6.45, 7) is 0. The molecule has 3 aliphatic carbocycles. The molecule has 11 aromatic rings. The summed E-state index contributed by atoms with van der Waals surface area (Å²) in [5.74, 6) is 3.69. The van der Waals surface area contributed by atoms with Gasteiger partial charge in [-0.05, 0) is 69.6 Å². The van der Waals surface area contributed by atoms with Crippen LogP contribution in [0.3, 0.4) is 0 Å². The van der Waals surface area contributed by atoms with Crippen LogP contribution in [0.4, 0.5) is 0 Å². The van der Waals surface area contributed by atoms with Gasteiger partial charge in [-0.2, -0.15) is 0 Å². The van der Waals surface area contributed by atoms with Gasteiger partial charge in [0.05, 0.1) is 5.41 Å². The molecule has 0 saturated carbocycles. The van der Waals surface area contributed by atoms with E-state index in [-0.39, 0.29) is 0 Å². The lowest BCUT2D eigenvalue weighted by molar-refractivity contribution is 0.669. The Labute approximate surface area is 397 Å². The first kappa shape index (κ1) is 39.0. The second-order valence-corrected chi connectivity index (χ2v) is 17.7. The summed E-state index contributed by atoms with van der Waals surface area (Å²) in [5, 5.41) is 2.01. The standard InChI is InChI=1S/C62H38N6O/c1-6-18-38(19-7-1)56-63-57(39-20-8-2-9-21-39)66-60(65-56)42-31-35-53-48(36-42)46-33-34-51-54(55(46)69-53)47-32-30-43(37-52(47)62(51)49-28-15-5-14-26-44(49)45-27-16-17-29-50(45)62)61-67-58(40-22-10-3-11-23-40)64-59(68-61)41-24-12-4-13-25-41/h1-13,15-37H,14H2. The van der Waals surface area contributed by atoms with Crippen LogP contribution in [0.5, 0.6) is 0 Å². The minimum atomic E-state index is -0.653. The van der Waals surface area contributed by atoms with E-state index in [1.54, 1.807) is 0 Å². The molecule has 3 aromatic heterocycles. The molecule has 0 amide bonds. The maximum Gasteiger partial charge on any atom is 0.164 e. The van der Waals surface area contributed by atoms with E-state index in [4.69, 9.17) is 34.3 Å². The van der Waals surface area contributed by atoms with Gasteiger partial charge in [0.1, 0.15) is 11.2 Å². The highest BCUT2D eigenvalue weighted by molar-refractivity contribution is 6.14. The van der Waals surface area contributed by atoms with Crippen molar-refractivity contribution in [1.82, 2.24) is 29.9 Å². The first-order chi connectivity index (χ1) is 34.2. The van der Waals surface area contributed by atoms with Crippen LogP contribution < -0.4 is 0 Å². The maximum absolute atomic E-state index is 7.09. The molecule has 7 nitrogen and oxygen atoms in total. The van der Waals surface area contributed by atoms with E-state index in [2.05, 4.69) is 97.1 Å². The van der Waals surface area contributed by atoms with Crippen molar-refractivity contribution in [3.05, 3.63) is 246 Å². The van der Waals surface area contributed by atoms with Crippen molar-refractivity contribution >= 4 is 27.5 Å². The Bertz CT molecular complexity index is 3860. The molecule has 0 bridgehead atoms. The van der Waals surface area contributed by atoms with Crippen LogP contribution in [0.2, 0.25) is 0 Å². The zero-order chi connectivity index (χ0) is 45.5. The lowest BCUT2D eigenvalue weighted by Gasteiger charge is -2.31. The summed E-state index contributed by atoms with van der Waals surface area (Å²) >= 11 is 0. The predicted molar refractivity (Wildman–Crippen MR) is 275 cm³/mol. The third-order valence-corrected chi connectivity index (χ3v) is 13.8. The van der Waals surface area contributed by atoms with E-state index in [0.29, 0.717) is 34.9 Å². The Morgan fingerprint density at radius 2 is 0.899 bits per heavy atom. The van der Waals surface area contributed by atoms with Crippen molar-refractivity contribution in [3.63, 3.8) is 0 Å². The summed E-state index contributed by atoms with van der Waals surface area (Å²) in [5.41, 5.74) is 16.0. The molecule has 7 heteroatoms. The van der Waals surface area contributed by atoms with Crippen LogP contribution in [0.1, 0.15) is 28.7 Å². The highest BCUT2D eigenvalue weighted by atomic mass is 16.3. The fraction of sp³-hybridized carbons (Fsp3) is 0.0323. The number of fused-ring (bicyclic) bond motifs is 14. The summed E-state index contributed by atoms with van der Waals surface area (Å²) in [7, 11) is 0. The van der Waals surface area contributed by atoms with Crippen LogP contribution in [0.25, 0.3) is 107 Å². The van der Waals surface area contributed by atoms with Crippen LogP contribution in [-0.2, 0) is 5.41 Å². The van der Waals surface area contributed by atoms with Crippen molar-refractivity contribution in [1.29, 1.82) is 0 Å². The lowest BCUT2D eigenvalue weighted by atomic mass is 9.70. The average molecular weight is 883 g/mol. The van der Waals surface area contributed by atoms with Gasteiger partial charge in [-0.15, -0.1) is 0 Å². The molecule has 1 atom stereocenters. The molecule has 0 radical (unpaired) electrons. The molecular weight excluding hydrogens is 845 g/mol. The highest BCUT2D eigenvalue weighted by Gasteiger charge is 2.54. The smallest absolute Gasteiger partial charge is 0.164 e. The van der Waals surface area contributed by atoms with Crippen molar-refractivity contribution in [2.24, 2.45) is 0 Å². The summed E-state index contributed by atoms with van der Waals surface area (Å²) in [6.07, 6.45) is 10.0. The molecule has 69 heavy (non-hydrogen) atoms. The molecule has 322 valence electrons. The molecule has 1 unspecified atom stereocenters. The van der Waals surface area contributed by atoms with Gasteiger partial charge in [0.15, 0.2) is 34.9 Å². The normalized spacial score (nSPS) is 15.4. The SMILES string of the molecule is C1=CCC=C2C(=C1)C1(c3ccccc32)c2cc(-c3nc(-c4ccccc4)nc(-c4ccccc4)n3)ccc2-c2c1ccc1c2oc2ccc(-c3nc(-c4ccccc4)nc(-c4ccccc4)n3)cc21. The van der Waals surface area contributed by atoms with Gasteiger partial charge in [-0.3, -0.25) is 0 Å². The Hall–Kier alpha value is -9.20. The minimum Gasteiger partial charge on any atom is -0.455 e. The number of allylic oxidation sites excluding steroid dienone is 6. The van der Waals surface area contributed by atoms with Gasteiger partial charge in [-0.1, -0.05) is 194 Å². The number of benzene rings is 8. The topological polar surface area (TPSA) is 90.5 Å². The first-order valence-corrected chi connectivity index (χ1v) is 23.3. The lowest BCUT2D eigenvalue weighted by Crippen LogP contribution is -2.26. The van der Waals surface area contributed by atoms with E-state index in [1.807, 2.05) is 121 Å². The van der Waals surface area contributed by atoms with Gasteiger partial charge < -0.3 is 4.42 Å². The second kappa shape index (κ2) is 15.4. The third kappa shape index (κ3) is 6.07. The van der Waals surface area contributed by atoms with E-state index in [9.17, 15) is 0 Å². The Kier molecular flexibility index (Phi) is 8.73. The van der Waals surface area contributed by atoms with Crippen LogP contribution >= 0.6 is 0 Å². The Morgan fingerprint density at radius 3 is 1.48 bits per heavy atom. The van der Waals surface area contributed by atoms with Gasteiger partial charge in [0.2, 0.25) is 0 Å². The third-order valence-electron chi connectivity index (χ3n) is 13.8. The molecule has 0 saturated heterocycles. The number of nitrogens with zero attached hydrogens (tertiary/aromatic N) is 6. The summed E-state index contributed by atoms with van der Waals surface area (Å²) in [4.78, 5) is 30.5. The molecule has 0 N–H and O–H groups in total. The van der Waals surface area contributed by atoms with Gasteiger partial charge >= 0.3 is 0 Å². The van der Waals surface area contributed by atoms with Crippen molar-refractivity contribution in [2.45, 2.75) is 11.8 Å². The average Bonchev–Trinajstić information content (AvgIpc) is 3.95. The molecular formula is C62H38N6O. The van der Waals surface area contributed by atoms with Crippen LogP contribution in [0.15, 0.2) is 228 Å².